The fourth-order valence-electron chi connectivity index (χ4n) is 5.27. The number of nitrogen functional groups attached to an aromatic ring is 1. The van der Waals surface area contributed by atoms with E-state index in [2.05, 4.69) is 9.71 Å². The first-order valence-electron chi connectivity index (χ1n) is 13.6. The summed E-state index contributed by atoms with van der Waals surface area (Å²) in [6.07, 6.45) is 3.92. The Kier molecular flexibility index (Phi) is 7.60. The fraction of sp³-hybridized carbons (Fsp3) is 0.300. The maximum atomic E-state index is 13.8. The van der Waals surface area contributed by atoms with E-state index in [1.807, 2.05) is 44.2 Å². The summed E-state index contributed by atoms with van der Waals surface area (Å²) in [7, 11) is -4.24. The average molecular weight is 607 g/mol. The molecule has 0 saturated carbocycles. The number of thiazole rings is 1. The predicted molar refractivity (Wildman–Crippen MR) is 161 cm³/mol. The Balaban J connectivity index is 1.45. The Bertz CT molecular complexity index is 1910. The van der Waals surface area contributed by atoms with Gasteiger partial charge in [-0.2, -0.15) is 0 Å². The van der Waals surface area contributed by atoms with Gasteiger partial charge in [0.05, 0.1) is 29.3 Å². The van der Waals surface area contributed by atoms with Crippen molar-refractivity contribution in [1.82, 2.24) is 14.7 Å². The number of hydrogen-bond donors (Lipinski definition) is 2. The third-order valence-corrected chi connectivity index (χ3v) is 10.2. The van der Waals surface area contributed by atoms with Crippen LogP contribution in [-0.4, -0.2) is 44.1 Å². The molecule has 0 aliphatic carbocycles. The number of aromatic nitrogens is 2. The van der Waals surface area contributed by atoms with Crippen molar-refractivity contribution in [3.63, 3.8) is 0 Å². The van der Waals surface area contributed by atoms with Crippen molar-refractivity contribution < 1.29 is 27.1 Å². The number of pyridine rings is 1. The number of anilines is 1. The third-order valence-electron chi connectivity index (χ3n) is 7.56. The highest BCUT2D eigenvalue weighted by atomic mass is 32.2. The molecule has 0 radical (unpaired) electrons. The number of furan rings is 1. The molecule has 3 aromatic heterocycles. The summed E-state index contributed by atoms with van der Waals surface area (Å²) in [5.74, 6) is 0.614. The van der Waals surface area contributed by atoms with Crippen LogP contribution in [0.3, 0.4) is 0 Å². The van der Waals surface area contributed by atoms with E-state index in [9.17, 15) is 13.2 Å². The van der Waals surface area contributed by atoms with E-state index < -0.39 is 15.9 Å². The molecule has 4 heterocycles. The lowest BCUT2D eigenvalue weighted by molar-refractivity contribution is 0.0594. The molecule has 6 rings (SSSR count). The van der Waals surface area contributed by atoms with Gasteiger partial charge in [0, 0.05) is 24.2 Å². The largest absolute Gasteiger partial charge is 0.493 e. The van der Waals surface area contributed by atoms with E-state index in [-0.39, 0.29) is 14.9 Å². The van der Waals surface area contributed by atoms with Crippen LogP contribution in [0.2, 0.25) is 0 Å². The number of nitrogens with one attached hydrogen (secondary N) is 1. The number of amides is 1. The van der Waals surface area contributed by atoms with E-state index in [0.717, 1.165) is 66.5 Å². The number of hydrogen-bond acceptors (Lipinski definition) is 10. The lowest BCUT2D eigenvalue weighted by Crippen LogP contribution is -2.30. The van der Waals surface area contributed by atoms with Gasteiger partial charge in [-0.05, 0) is 62.8 Å². The quantitative estimate of drug-likeness (QED) is 0.230. The van der Waals surface area contributed by atoms with Crippen molar-refractivity contribution >= 4 is 54.3 Å². The topological polar surface area (TPSA) is 147 Å². The first-order chi connectivity index (χ1) is 20.2. The zero-order chi connectivity index (χ0) is 29.4. The molecule has 1 fully saturated rings. The second kappa shape index (κ2) is 11.3. The average Bonchev–Trinajstić information content (AvgIpc) is 3.58. The third kappa shape index (κ3) is 5.44. The highest BCUT2D eigenvalue weighted by molar-refractivity contribution is 7.92. The SMILES string of the molecule is Cc1c(-c2cc(C(=O)NS(=O)(=O)c3cnc(N)s3)c3c(OCCC4CCOCC4)ccc(C)c3n2)oc2ccccc12. The zero-order valence-corrected chi connectivity index (χ0v) is 24.8. The molecule has 0 bridgehead atoms. The number of para-hydroxylation sites is 1. The molecule has 5 aromatic rings. The molecule has 2 aromatic carbocycles. The molecule has 3 N–H and O–H groups in total. The highest BCUT2D eigenvalue weighted by Gasteiger charge is 2.27. The molecule has 0 spiro atoms. The van der Waals surface area contributed by atoms with Gasteiger partial charge in [-0.3, -0.25) is 4.79 Å². The first-order valence-corrected chi connectivity index (χ1v) is 15.9. The van der Waals surface area contributed by atoms with Crippen LogP contribution in [0.25, 0.3) is 33.3 Å². The Morgan fingerprint density at radius 1 is 1.17 bits per heavy atom. The molecule has 0 atom stereocenters. The minimum absolute atomic E-state index is 0.0793. The second-order valence-electron chi connectivity index (χ2n) is 10.4. The van der Waals surface area contributed by atoms with E-state index in [0.29, 0.717) is 46.2 Å². The lowest BCUT2D eigenvalue weighted by atomic mass is 9.97. The monoisotopic (exact) mass is 606 g/mol. The lowest BCUT2D eigenvalue weighted by Gasteiger charge is -2.22. The van der Waals surface area contributed by atoms with Crippen LogP contribution in [-0.2, 0) is 14.8 Å². The highest BCUT2D eigenvalue weighted by Crippen LogP contribution is 2.37. The molecular formula is C30H30N4O6S2. The summed E-state index contributed by atoms with van der Waals surface area (Å²) in [5.41, 5.74) is 9.01. The number of carbonyl (C=O) groups excluding carboxylic acids is 1. The summed E-state index contributed by atoms with van der Waals surface area (Å²) in [6, 6.07) is 12.9. The van der Waals surface area contributed by atoms with Crippen molar-refractivity contribution in [1.29, 1.82) is 0 Å². The summed E-state index contributed by atoms with van der Waals surface area (Å²) in [5, 5.41) is 1.43. The van der Waals surface area contributed by atoms with Crippen LogP contribution in [0.1, 0.15) is 40.7 Å². The molecule has 1 aliphatic rings. The second-order valence-corrected chi connectivity index (χ2v) is 13.3. The predicted octanol–water partition coefficient (Wildman–Crippen LogP) is 5.62. The molecule has 12 heteroatoms. The van der Waals surface area contributed by atoms with Gasteiger partial charge in [-0.15, -0.1) is 0 Å². The molecule has 10 nitrogen and oxygen atoms in total. The molecule has 1 saturated heterocycles. The Hall–Kier alpha value is -4.00. The smallest absolute Gasteiger partial charge is 0.275 e. The van der Waals surface area contributed by atoms with E-state index in [1.165, 1.54) is 0 Å². The summed E-state index contributed by atoms with van der Waals surface area (Å²) < 4.78 is 46.1. The summed E-state index contributed by atoms with van der Waals surface area (Å²) >= 11 is 0.773. The molecule has 218 valence electrons. The molecule has 42 heavy (non-hydrogen) atoms. The van der Waals surface area contributed by atoms with E-state index in [1.54, 1.807) is 12.1 Å². The minimum Gasteiger partial charge on any atom is -0.493 e. The molecule has 0 unspecified atom stereocenters. The van der Waals surface area contributed by atoms with Crippen molar-refractivity contribution in [2.24, 2.45) is 5.92 Å². The van der Waals surface area contributed by atoms with Crippen molar-refractivity contribution in [2.75, 3.05) is 25.6 Å². The van der Waals surface area contributed by atoms with Crippen molar-refractivity contribution in [3.8, 4) is 17.2 Å². The van der Waals surface area contributed by atoms with Gasteiger partial charge in [-0.25, -0.2) is 23.1 Å². The number of aryl methyl sites for hydroxylation is 2. The van der Waals surface area contributed by atoms with E-state index in [4.69, 9.17) is 24.6 Å². The number of benzene rings is 2. The van der Waals surface area contributed by atoms with Crippen LogP contribution >= 0.6 is 11.3 Å². The Morgan fingerprint density at radius 3 is 2.69 bits per heavy atom. The van der Waals surface area contributed by atoms with Crippen LogP contribution in [0.5, 0.6) is 5.75 Å². The van der Waals surface area contributed by atoms with Crippen molar-refractivity contribution in [3.05, 3.63) is 65.4 Å². The maximum absolute atomic E-state index is 13.8. The van der Waals surface area contributed by atoms with Gasteiger partial charge in [-0.1, -0.05) is 35.6 Å². The number of carbonyl (C=O) groups is 1. The standard InChI is InChI=1S/C30H30N4O6S2/c1-17-7-8-24(39-14-11-19-9-12-38-13-10-19)26-21(29(35)34-42(36,37)25-16-32-30(31)41-25)15-22(33-27(17)26)28-18(2)20-5-3-4-6-23(20)40-28/h3-8,15-16,19H,9-14H2,1-2H3,(H2,31,32)(H,34,35). The van der Waals surface area contributed by atoms with Gasteiger partial charge in [0.2, 0.25) is 0 Å². The number of nitrogens with zero attached hydrogens (tertiary/aromatic N) is 2. The van der Waals surface area contributed by atoms with Crippen LogP contribution < -0.4 is 15.2 Å². The van der Waals surface area contributed by atoms with Gasteiger partial charge in [0.15, 0.2) is 15.1 Å². The normalized spacial score (nSPS) is 14.4. The molecular weight excluding hydrogens is 576 g/mol. The number of ether oxygens (including phenoxy) is 2. The van der Waals surface area contributed by atoms with Gasteiger partial charge < -0.3 is 19.6 Å². The molecule has 1 amide bonds. The Morgan fingerprint density at radius 2 is 1.95 bits per heavy atom. The van der Waals surface area contributed by atoms with Crippen LogP contribution in [0.4, 0.5) is 5.13 Å². The summed E-state index contributed by atoms with van der Waals surface area (Å²) in [6.45, 7) is 5.74. The van der Waals surface area contributed by atoms with Gasteiger partial charge >= 0.3 is 0 Å². The van der Waals surface area contributed by atoms with Crippen LogP contribution in [0, 0.1) is 19.8 Å². The number of sulfonamides is 1. The number of rotatable bonds is 8. The maximum Gasteiger partial charge on any atom is 0.275 e. The van der Waals surface area contributed by atoms with E-state index >= 15 is 0 Å². The number of nitrogens with two attached hydrogens (primary N) is 1. The Labute approximate surface area is 246 Å². The number of fused-ring (bicyclic) bond motifs is 2. The van der Waals surface area contributed by atoms with Gasteiger partial charge in [0.1, 0.15) is 17.0 Å². The fourth-order valence-corrected chi connectivity index (χ4v) is 7.15. The van der Waals surface area contributed by atoms with Crippen LogP contribution in [0.15, 0.2) is 57.3 Å². The minimum atomic E-state index is -4.24. The van der Waals surface area contributed by atoms with Crippen molar-refractivity contribution in [2.45, 2.75) is 37.3 Å². The van der Waals surface area contributed by atoms with Gasteiger partial charge in [0.25, 0.3) is 15.9 Å². The molecule has 1 aliphatic heterocycles. The summed E-state index contributed by atoms with van der Waals surface area (Å²) in [4.78, 5) is 22.5. The first kappa shape index (κ1) is 28.1. The zero-order valence-electron chi connectivity index (χ0n) is 23.2.